The van der Waals surface area contributed by atoms with E-state index in [-0.39, 0.29) is 0 Å². The molecule has 23 heavy (non-hydrogen) atoms. The van der Waals surface area contributed by atoms with Gasteiger partial charge >= 0.3 is 0 Å². The summed E-state index contributed by atoms with van der Waals surface area (Å²) in [5.41, 5.74) is 3.69. The van der Waals surface area contributed by atoms with Crippen LogP contribution in [0.15, 0.2) is 48.8 Å². The molecular formula is C21H29N2+. The summed E-state index contributed by atoms with van der Waals surface area (Å²) in [4.78, 5) is 2.11. The molecule has 0 saturated carbocycles. The van der Waals surface area contributed by atoms with E-state index in [0.717, 1.165) is 12.5 Å². The fraction of sp³-hybridized carbons (Fsp3) is 0.381. The van der Waals surface area contributed by atoms with E-state index in [1.807, 2.05) is 0 Å². The Morgan fingerprint density at radius 1 is 0.913 bits per heavy atom. The first kappa shape index (κ1) is 17.3. The van der Waals surface area contributed by atoms with Gasteiger partial charge in [-0.3, -0.25) is 0 Å². The molecule has 2 heteroatoms. The van der Waals surface area contributed by atoms with E-state index in [1.165, 1.54) is 29.7 Å². The van der Waals surface area contributed by atoms with Crippen molar-refractivity contribution in [3.05, 3.63) is 59.9 Å². The highest BCUT2D eigenvalue weighted by molar-refractivity contribution is 5.70. The third-order valence-corrected chi connectivity index (χ3v) is 3.99. The van der Waals surface area contributed by atoms with Gasteiger partial charge in [0.1, 0.15) is 6.54 Å². The molecule has 1 heterocycles. The lowest BCUT2D eigenvalue weighted by atomic mass is 10.1. The van der Waals surface area contributed by atoms with Gasteiger partial charge in [-0.05, 0) is 35.6 Å². The number of anilines is 1. The van der Waals surface area contributed by atoms with Gasteiger partial charge in [-0.1, -0.05) is 38.1 Å². The standard InChI is InChI=1S/C21H29N2/c1-18(2)6-5-15-23-16-13-20(14-17-23)8-7-19-9-11-21(12-10-19)22(3)4/h7-14,16-18H,5-6,15H2,1-4H3/q+1. The maximum Gasteiger partial charge on any atom is 0.169 e. The van der Waals surface area contributed by atoms with Gasteiger partial charge < -0.3 is 4.90 Å². The Kier molecular flexibility index (Phi) is 6.40. The van der Waals surface area contributed by atoms with Gasteiger partial charge in [-0.15, -0.1) is 0 Å². The van der Waals surface area contributed by atoms with Crippen molar-refractivity contribution < 1.29 is 4.57 Å². The van der Waals surface area contributed by atoms with Crippen LogP contribution >= 0.6 is 0 Å². The molecule has 0 fully saturated rings. The highest BCUT2D eigenvalue weighted by atomic mass is 15.1. The maximum absolute atomic E-state index is 2.28. The predicted octanol–water partition coefficient (Wildman–Crippen LogP) is 4.65. The molecule has 0 amide bonds. The number of hydrogen-bond acceptors (Lipinski definition) is 1. The summed E-state index contributed by atoms with van der Waals surface area (Å²) in [7, 11) is 4.12. The zero-order valence-corrected chi connectivity index (χ0v) is 14.9. The number of aryl methyl sites for hydroxylation is 1. The van der Waals surface area contributed by atoms with Crippen LogP contribution in [0.2, 0.25) is 0 Å². The molecule has 0 aliphatic carbocycles. The van der Waals surface area contributed by atoms with Crippen LogP contribution in [-0.2, 0) is 6.54 Å². The van der Waals surface area contributed by atoms with Crippen molar-refractivity contribution in [3.63, 3.8) is 0 Å². The lowest BCUT2D eigenvalue weighted by molar-refractivity contribution is -0.697. The lowest BCUT2D eigenvalue weighted by Crippen LogP contribution is -2.32. The van der Waals surface area contributed by atoms with Crippen LogP contribution in [0.5, 0.6) is 0 Å². The van der Waals surface area contributed by atoms with Crippen molar-refractivity contribution in [3.8, 4) is 0 Å². The molecule has 0 saturated heterocycles. The average Bonchev–Trinajstić information content (AvgIpc) is 2.54. The van der Waals surface area contributed by atoms with Crippen LogP contribution in [0.3, 0.4) is 0 Å². The second kappa shape index (κ2) is 8.52. The number of benzene rings is 1. The van der Waals surface area contributed by atoms with Gasteiger partial charge in [0.05, 0.1) is 0 Å². The van der Waals surface area contributed by atoms with Crippen molar-refractivity contribution in [2.45, 2.75) is 33.2 Å². The molecule has 0 radical (unpaired) electrons. The van der Waals surface area contributed by atoms with Crippen molar-refractivity contribution in [1.82, 2.24) is 0 Å². The predicted molar refractivity (Wildman–Crippen MR) is 100 cm³/mol. The lowest BCUT2D eigenvalue weighted by Gasteiger charge is -2.11. The molecule has 1 aromatic heterocycles. The first-order valence-electron chi connectivity index (χ1n) is 8.49. The molecule has 0 spiro atoms. The van der Waals surface area contributed by atoms with Gasteiger partial charge in [0, 0.05) is 38.3 Å². The van der Waals surface area contributed by atoms with E-state index in [4.69, 9.17) is 0 Å². The van der Waals surface area contributed by atoms with Gasteiger partial charge in [0.2, 0.25) is 0 Å². The van der Waals surface area contributed by atoms with Crippen molar-refractivity contribution >= 4 is 17.8 Å². The van der Waals surface area contributed by atoms with E-state index in [2.05, 4.69) is 98.4 Å². The van der Waals surface area contributed by atoms with E-state index in [1.54, 1.807) is 0 Å². The summed E-state index contributed by atoms with van der Waals surface area (Å²) < 4.78 is 2.27. The molecule has 0 bridgehead atoms. The fourth-order valence-electron chi connectivity index (χ4n) is 2.49. The number of aromatic nitrogens is 1. The third kappa shape index (κ3) is 5.90. The van der Waals surface area contributed by atoms with Crippen LogP contribution in [0, 0.1) is 5.92 Å². The minimum atomic E-state index is 0.789. The molecule has 0 aliphatic heterocycles. The normalized spacial score (nSPS) is 11.3. The molecule has 122 valence electrons. The minimum absolute atomic E-state index is 0.789. The second-order valence-corrected chi connectivity index (χ2v) is 6.72. The third-order valence-electron chi connectivity index (χ3n) is 3.99. The van der Waals surface area contributed by atoms with Gasteiger partial charge in [0.25, 0.3) is 0 Å². The summed E-state index contributed by atoms with van der Waals surface area (Å²) in [5, 5.41) is 0. The van der Waals surface area contributed by atoms with Crippen LogP contribution in [-0.4, -0.2) is 14.1 Å². The molecule has 0 aliphatic rings. The largest absolute Gasteiger partial charge is 0.378 e. The van der Waals surface area contributed by atoms with Gasteiger partial charge in [-0.25, -0.2) is 4.57 Å². The zero-order chi connectivity index (χ0) is 16.7. The molecule has 0 unspecified atom stereocenters. The molecule has 0 N–H and O–H groups in total. The Bertz CT molecular complexity index is 607. The van der Waals surface area contributed by atoms with Crippen LogP contribution in [0.1, 0.15) is 37.8 Å². The second-order valence-electron chi connectivity index (χ2n) is 6.72. The van der Waals surface area contributed by atoms with E-state index >= 15 is 0 Å². The van der Waals surface area contributed by atoms with Crippen molar-refractivity contribution in [1.29, 1.82) is 0 Å². The Labute approximate surface area is 141 Å². The number of pyridine rings is 1. The Hall–Kier alpha value is -2.09. The van der Waals surface area contributed by atoms with E-state index in [9.17, 15) is 0 Å². The summed E-state index contributed by atoms with van der Waals surface area (Å²) in [6.45, 7) is 5.67. The minimum Gasteiger partial charge on any atom is -0.378 e. The smallest absolute Gasteiger partial charge is 0.169 e. The van der Waals surface area contributed by atoms with Crippen molar-refractivity contribution in [2.75, 3.05) is 19.0 Å². The van der Waals surface area contributed by atoms with Gasteiger partial charge in [-0.2, -0.15) is 0 Å². The Morgan fingerprint density at radius 3 is 2.00 bits per heavy atom. The summed E-state index contributed by atoms with van der Waals surface area (Å²) in [6.07, 6.45) is 11.2. The molecule has 0 atom stereocenters. The average molecular weight is 309 g/mol. The fourth-order valence-corrected chi connectivity index (χ4v) is 2.49. The SMILES string of the molecule is CC(C)CCC[n+]1ccc(/C=C/c2ccc(N(C)C)cc2)cc1. The van der Waals surface area contributed by atoms with Crippen LogP contribution < -0.4 is 9.47 Å². The van der Waals surface area contributed by atoms with E-state index < -0.39 is 0 Å². The first-order valence-corrected chi connectivity index (χ1v) is 8.49. The Balaban J connectivity index is 1.92. The molecule has 2 aromatic rings. The van der Waals surface area contributed by atoms with E-state index in [0.29, 0.717) is 0 Å². The molecule has 2 nitrogen and oxygen atoms in total. The van der Waals surface area contributed by atoms with Crippen LogP contribution in [0.4, 0.5) is 5.69 Å². The van der Waals surface area contributed by atoms with Gasteiger partial charge in [0.15, 0.2) is 12.4 Å². The van der Waals surface area contributed by atoms with Crippen molar-refractivity contribution in [2.24, 2.45) is 5.92 Å². The number of nitrogens with zero attached hydrogens (tertiary/aromatic N) is 2. The highest BCUT2D eigenvalue weighted by Gasteiger charge is 2.01. The molecular weight excluding hydrogens is 280 g/mol. The summed E-state index contributed by atoms with van der Waals surface area (Å²) >= 11 is 0. The molecule has 2 rings (SSSR count). The summed E-state index contributed by atoms with van der Waals surface area (Å²) in [5.74, 6) is 0.789. The topological polar surface area (TPSA) is 7.12 Å². The summed E-state index contributed by atoms with van der Waals surface area (Å²) in [6, 6.07) is 13.0. The maximum atomic E-state index is 2.28. The highest BCUT2D eigenvalue weighted by Crippen LogP contribution is 2.14. The Morgan fingerprint density at radius 2 is 1.48 bits per heavy atom. The number of hydrogen-bond donors (Lipinski definition) is 0. The molecule has 1 aromatic carbocycles. The number of rotatable bonds is 7. The quantitative estimate of drug-likeness (QED) is 0.675. The van der Waals surface area contributed by atoms with Crippen LogP contribution in [0.25, 0.3) is 12.2 Å². The first-order chi connectivity index (χ1) is 11.0. The zero-order valence-electron chi connectivity index (χ0n) is 14.9. The monoisotopic (exact) mass is 309 g/mol.